The van der Waals surface area contributed by atoms with Crippen LogP contribution in [0.5, 0.6) is 5.75 Å². The van der Waals surface area contributed by atoms with E-state index in [0.29, 0.717) is 22.7 Å². The van der Waals surface area contributed by atoms with Crippen LogP contribution in [0.15, 0.2) is 71.6 Å². The second kappa shape index (κ2) is 9.00. The summed E-state index contributed by atoms with van der Waals surface area (Å²) in [6.07, 6.45) is 0.205. The third-order valence-corrected chi connectivity index (χ3v) is 6.07. The lowest BCUT2D eigenvalue weighted by molar-refractivity contribution is -0.115. The lowest BCUT2D eigenvalue weighted by Crippen LogP contribution is -2.17. The lowest BCUT2D eigenvalue weighted by Gasteiger charge is -2.14. The van der Waals surface area contributed by atoms with Crippen LogP contribution >= 0.6 is 0 Å². The van der Waals surface area contributed by atoms with Crippen molar-refractivity contribution in [3.8, 4) is 5.75 Å². The van der Waals surface area contributed by atoms with Gasteiger partial charge in [-0.25, -0.2) is 8.42 Å². The van der Waals surface area contributed by atoms with Gasteiger partial charge in [0.2, 0.25) is 5.91 Å². The average molecular weight is 425 g/mol. The van der Waals surface area contributed by atoms with Crippen molar-refractivity contribution in [1.82, 2.24) is 0 Å². The molecule has 7 heteroatoms. The fourth-order valence-electron chi connectivity index (χ4n) is 3.11. The summed E-state index contributed by atoms with van der Waals surface area (Å²) in [5, 5.41) is 2.78. The highest BCUT2D eigenvalue weighted by molar-refractivity contribution is 7.92. The third-order valence-electron chi connectivity index (χ3n) is 4.56. The first kappa shape index (κ1) is 21.4. The summed E-state index contributed by atoms with van der Waals surface area (Å²) in [5.41, 5.74) is 3.29. The van der Waals surface area contributed by atoms with E-state index in [4.69, 9.17) is 4.74 Å². The minimum Gasteiger partial charge on any atom is -0.495 e. The molecule has 0 aliphatic heterocycles. The molecule has 0 fully saturated rings. The number of para-hydroxylation sites is 2. The van der Waals surface area contributed by atoms with Crippen molar-refractivity contribution in [1.29, 1.82) is 0 Å². The largest absolute Gasteiger partial charge is 0.495 e. The van der Waals surface area contributed by atoms with Gasteiger partial charge in [-0.05, 0) is 49.2 Å². The monoisotopic (exact) mass is 424 g/mol. The first-order valence-corrected chi connectivity index (χ1v) is 10.9. The number of ether oxygens (including phenoxy) is 1. The molecule has 0 spiro atoms. The van der Waals surface area contributed by atoms with Crippen molar-refractivity contribution in [3.63, 3.8) is 0 Å². The predicted molar refractivity (Wildman–Crippen MR) is 118 cm³/mol. The first-order valence-electron chi connectivity index (χ1n) is 9.40. The Bertz CT molecular complexity index is 1170. The lowest BCUT2D eigenvalue weighted by atomic mass is 10.1. The van der Waals surface area contributed by atoms with Gasteiger partial charge in [0.15, 0.2) is 0 Å². The zero-order chi connectivity index (χ0) is 21.7. The van der Waals surface area contributed by atoms with Crippen LogP contribution in [0, 0.1) is 13.8 Å². The Balaban J connectivity index is 1.81. The molecule has 0 unspecified atom stereocenters. The van der Waals surface area contributed by atoms with Gasteiger partial charge in [0.25, 0.3) is 10.0 Å². The van der Waals surface area contributed by atoms with Crippen LogP contribution in [0.25, 0.3) is 0 Å². The van der Waals surface area contributed by atoms with Crippen LogP contribution < -0.4 is 14.8 Å². The number of nitrogens with one attached hydrogen (secondary N) is 2. The van der Waals surface area contributed by atoms with Crippen LogP contribution in [0.3, 0.4) is 0 Å². The van der Waals surface area contributed by atoms with E-state index in [1.54, 1.807) is 43.3 Å². The number of rotatable bonds is 7. The topological polar surface area (TPSA) is 84.5 Å². The number of carbonyl (C=O) groups excluding carboxylic acids is 1. The number of sulfonamides is 1. The molecule has 0 saturated carbocycles. The van der Waals surface area contributed by atoms with E-state index in [-0.39, 0.29) is 17.2 Å². The molecule has 0 atom stereocenters. The number of aryl methyl sites for hydroxylation is 2. The average Bonchev–Trinajstić information content (AvgIpc) is 2.69. The Morgan fingerprint density at radius 1 is 0.967 bits per heavy atom. The molecule has 0 aliphatic rings. The van der Waals surface area contributed by atoms with Gasteiger partial charge in [0, 0.05) is 5.69 Å². The van der Waals surface area contributed by atoms with Gasteiger partial charge in [0.1, 0.15) is 5.75 Å². The number of hydrogen-bond acceptors (Lipinski definition) is 4. The molecule has 0 aliphatic carbocycles. The fourth-order valence-corrected chi connectivity index (χ4v) is 4.45. The maximum Gasteiger partial charge on any atom is 0.262 e. The SMILES string of the molecule is COc1ccccc1NS(=O)(=O)c1cc(NC(=O)Cc2cccc(C)c2)ccc1C. The second-order valence-electron chi connectivity index (χ2n) is 7.00. The van der Waals surface area contributed by atoms with Gasteiger partial charge in [-0.1, -0.05) is 48.0 Å². The molecule has 0 bridgehead atoms. The third kappa shape index (κ3) is 5.18. The minimum atomic E-state index is -3.88. The zero-order valence-electron chi connectivity index (χ0n) is 17.1. The summed E-state index contributed by atoms with van der Waals surface area (Å²) < 4.78 is 33.7. The summed E-state index contributed by atoms with van der Waals surface area (Å²) in [6.45, 7) is 3.67. The minimum absolute atomic E-state index is 0.0850. The van der Waals surface area contributed by atoms with Crippen LogP contribution in [-0.4, -0.2) is 21.4 Å². The van der Waals surface area contributed by atoms with E-state index < -0.39 is 10.0 Å². The molecule has 2 N–H and O–H groups in total. The van der Waals surface area contributed by atoms with Gasteiger partial charge in [-0.3, -0.25) is 9.52 Å². The molecule has 1 amide bonds. The van der Waals surface area contributed by atoms with Crippen molar-refractivity contribution in [2.45, 2.75) is 25.2 Å². The molecule has 3 aromatic rings. The van der Waals surface area contributed by atoms with Crippen molar-refractivity contribution in [2.24, 2.45) is 0 Å². The maximum absolute atomic E-state index is 13.0. The Hall–Kier alpha value is -3.32. The van der Waals surface area contributed by atoms with Crippen LogP contribution in [0.1, 0.15) is 16.7 Å². The Morgan fingerprint density at radius 3 is 2.47 bits per heavy atom. The van der Waals surface area contributed by atoms with Gasteiger partial charge < -0.3 is 10.1 Å². The number of carbonyl (C=O) groups is 1. The molecule has 30 heavy (non-hydrogen) atoms. The van der Waals surface area contributed by atoms with Crippen molar-refractivity contribution < 1.29 is 17.9 Å². The Kier molecular flexibility index (Phi) is 6.42. The Morgan fingerprint density at radius 2 is 1.73 bits per heavy atom. The van der Waals surface area contributed by atoms with Crippen LogP contribution in [0.4, 0.5) is 11.4 Å². The van der Waals surface area contributed by atoms with E-state index in [9.17, 15) is 13.2 Å². The van der Waals surface area contributed by atoms with Gasteiger partial charge in [-0.2, -0.15) is 0 Å². The van der Waals surface area contributed by atoms with Crippen LogP contribution in [0.2, 0.25) is 0 Å². The summed E-state index contributed by atoms with van der Waals surface area (Å²) in [5.74, 6) is 0.201. The quantitative estimate of drug-likeness (QED) is 0.592. The molecule has 6 nitrogen and oxygen atoms in total. The van der Waals surface area contributed by atoms with E-state index in [1.807, 2.05) is 31.2 Å². The van der Waals surface area contributed by atoms with Gasteiger partial charge >= 0.3 is 0 Å². The van der Waals surface area contributed by atoms with Gasteiger partial charge in [0.05, 0.1) is 24.1 Å². The smallest absolute Gasteiger partial charge is 0.262 e. The van der Waals surface area contributed by atoms with Crippen molar-refractivity contribution >= 4 is 27.3 Å². The van der Waals surface area contributed by atoms with Gasteiger partial charge in [-0.15, -0.1) is 0 Å². The zero-order valence-corrected chi connectivity index (χ0v) is 17.9. The number of methoxy groups -OCH3 is 1. The van der Waals surface area contributed by atoms with E-state index in [1.165, 1.54) is 13.2 Å². The summed E-state index contributed by atoms with van der Waals surface area (Å²) >= 11 is 0. The fraction of sp³-hybridized carbons (Fsp3) is 0.174. The first-order chi connectivity index (χ1) is 14.3. The molecule has 3 aromatic carbocycles. The molecule has 0 heterocycles. The summed E-state index contributed by atoms with van der Waals surface area (Å²) in [7, 11) is -2.41. The van der Waals surface area contributed by atoms with E-state index in [2.05, 4.69) is 10.0 Å². The highest BCUT2D eigenvalue weighted by Gasteiger charge is 2.20. The molecule has 3 rings (SSSR count). The summed E-state index contributed by atoms with van der Waals surface area (Å²) in [4.78, 5) is 12.5. The molecular weight excluding hydrogens is 400 g/mol. The number of amides is 1. The highest BCUT2D eigenvalue weighted by atomic mass is 32.2. The van der Waals surface area contributed by atoms with E-state index in [0.717, 1.165) is 11.1 Å². The molecular formula is C23H24N2O4S. The maximum atomic E-state index is 13.0. The molecule has 0 saturated heterocycles. The Labute approximate surface area is 177 Å². The van der Waals surface area contributed by atoms with Crippen molar-refractivity contribution in [3.05, 3.63) is 83.4 Å². The molecule has 156 valence electrons. The predicted octanol–water partition coefficient (Wildman–Crippen LogP) is 4.29. The number of benzene rings is 3. The molecule has 0 radical (unpaired) electrons. The van der Waals surface area contributed by atoms with E-state index >= 15 is 0 Å². The van der Waals surface area contributed by atoms with Crippen LogP contribution in [-0.2, 0) is 21.2 Å². The molecule has 0 aromatic heterocycles. The highest BCUT2D eigenvalue weighted by Crippen LogP contribution is 2.28. The second-order valence-corrected chi connectivity index (χ2v) is 8.65. The number of hydrogen-bond donors (Lipinski definition) is 2. The normalized spacial score (nSPS) is 11.0. The summed E-state index contributed by atoms with van der Waals surface area (Å²) in [6, 6.07) is 19.3. The van der Waals surface area contributed by atoms with Crippen molar-refractivity contribution in [2.75, 3.05) is 17.1 Å². The standard InChI is InChI=1S/C23H24N2O4S/c1-16-7-6-8-18(13-16)14-23(26)24-19-12-11-17(2)22(15-19)30(27,28)25-20-9-4-5-10-21(20)29-3/h4-13,15,25H,14H2,1-3H3,(H,24,26). The number of anilines is 2.